The van der Waals surface area contributed by atoms with Crippen LogP contribution in [0.4, 0.5) is 0 Å². The molecular formula is C15H16ClN3OS. The number of rotatable bonds is 2. The number of thiazole rings is 1. The van der Waals surface area contributed by atoms with Gasteiger partial charge in [-0.25, -0.2) is 9.97 Å². The van der Waals surface area contributed by atoms with Crippen LogP contribution in [0.1, 0.15) is 45.0 Å². The van der Waals surface area contributed by atoms with Crippen molar-refractivity contribution in [3.05, 3.63) is 44.6 Å². The smallest absolute Gasteiger partial charge is 0.274 e. The summed E-state index contributed by atoms with van der Waals surface area (Å²) in [6, 6.07) is 3.49. The molecule has 2 heterocycles. The first-order valence-electron chi connectivity index (χ1n) is 6.92. The van der Waals surface area contributed by atoms with Crippen LogP contribution < -0.4 is 0 Å². The lowest BCUT2D eigenvalue weighted by Gasteiger charge is -2.30. The summed E-state index contributed by atoms with van der Waals surface area (Å²) in [5.74, 6) is -0.135. The van der Waals surface area contributed by atoms with Gasteiger partial charge < -0.3 is 4.90 Å². The molecule has 0 spiro atoms. The number of aryl methyl sites for hydroxylation is 2. The monoisotopic (exact) mass is 321 g/mol. The van der Waals surface area contributed by atoms with E-state index in [9.17, 15) is 4.79 Å². The Morgan fingerprint density at radius 2 is 2.33 bits per heavy atom. The highest BCUT2D eigenvalue weighted by molar-refractivity contribution is 7.11. The number of carbonyl (C=O) groups is 1. The SMILES string of the molecule is Cc1nc2c(s1)C(N(C)C(=O)c1ncccc1Cl)CCC2. The Labute approximate surface area is 132 Å². The van der Waals surface area contributed by atoms with E-state index in [4.69, 9.17) is 11.6 Å². The predicted molar refractivity (Wildman–Crippen MR) is 83.9 cm³/mol. The molecule has 1 aliphatic carbocycles. The Morgan fingerprint density at radius 3 is 3.10 bits per heavy atom. The van der Waals surface area contributed by atoms with Crippen LogP contribution in [0, 0.1) is 6.92 Å². The van der Waals surface area contributed by atoms with Crippen molar-refractivity contribution in [2.24, 2.45) is 0 Å². The summed E-state index contributed by atoms with van der Waals surface area (Å²) in [5.41, 5.74) is 1.45. The largest absolute Gasteiger partial charge is 0.332 e. The number of hydrogen-bond acceptors (Lipinski definition) is 4. The van der Waals surface area contributed by atoms with E-state index in [0.717, 1.165) is 30.0 Å². The molecule has 1 atom stereocenters. The molecule has 2 aromatic rings. The number of pyridine rings is 1. The minimum absolute atomic E-state index is 0.0746. The summed E-state index contributed by atoms with van der Waals surface area (Å²) < 4.78 is 0. The highest BCUT2D eigenvalue weighted by Crippen LogP contribution is 2.38. The lowest BCUT2D eigenvalue weighted by molar-refractivity contribution is 0.0712. The van der Waals surface area contributed by atoms with Crippen molar-refractivity contribution in [1.82, 2.24) is 14.9 Å². The summed E-state index contributed by atoms with van der Waals surface area (Å²) >= 11 is 7.77. The molecule has 0 saturated carbocycles. The maximum Gasteiger partial charge on any atom is 0.274 e. The molecule has 1 aliphatic rings. The zero-order chi connectivity index (χ0) is 15.0. The minimum Gasteiger partial charge on any atom is -0.332 e. The van der Waals surface area contributed by atoms with Gasteiger partial charge in [-0.2, -0.15) is 0 Å². The average Bonchev–Trinajstić information content (AvgIpc) is 2.86. The van der Waals surface area contributed by atoms with E-state index in [1.807, 2.05) is 14.0 Å². The standard InChI is InChI=1S/C15H16ClN3OS/c1-9-18-11-6-3-7-12(14(11)21-9)19(2)15(20)13-10(16)5-4-8-17-13/h4-5,8,12H,3,6-7H2,1-2H3. The van der Waals surface area contributed by atoms with Crippen molar-refractivity contribution in [2.75, 3.05) is 7.05 Å². The molecule has 0 radical (unpaired) electrons. The third-order valence-electron chi connectivity index (χ3n) is 3.78. The molecule has 2 aromatic heterocycles. The number of aromatic nitrogens is 2. The van der Waals surface area contributed by atoms with Crippen LogP contribution in [0.25, 0.3) is 0 Å². The Bertz CT molecular complexity index is 685. The molecule has 0 N–H and O–H groups in total. The van der Waals surface area contributed by atoms with E-state index in [-0.39, 0.29) is 11.9 Å². The zero-order valence-electron chi connectivity index (χ0n) is 12.0. The zero-order valence-corrected chi connectivity index (χ0v) is 13.5. The molecule has 21 heavy (non-hydrogen) atoms. The third kappa shape index (κ3) is 2.68. The number of halogens is 1. The van der Waals surface area contributed by atoms with Gasteiger partial charge in [0.15, 0.2) is 0 Å². The van der Waals surface area contributed by atoms with Gasteiger partial charge in [0.1, 0.15) is 5.69 Å². The van der Waals surface area contributed by atoms with Crippen LogP contribution in [0.15, 0.2) is 18.3 Å². The lowest BCUT2D eigenvalue weighted by atomic mass is 9.97. The topological polar surface area (TPSA) is 46.1 Å². The Morgan fingerprint density at radius 1 is 1.52 bits per heavy atom. The maximum absolute atomic E-state index is 12.6. The second-order valence-corrected chi connectivity index (χ2v) is 6.84. The van der Waals surface area contributed by atoms with Crippen molar-refractivity contribution >= 4 is 28.8 Å². The number of fused-ring (bicyclic) bond motifs is 1. The van der Waals surface area contributed by atoms with Crippen LogP contribution >= 0.6 is 22.9 Å². The van der Waals surface area contributed by atoms with Gasteiger partial charge in [-0.15, -0.1) is 11.3 Å². The lowest BCUT2D eigenvalue weighted by Crippen LogP contribution is -2.33. The van der Waals surface area contributed by atoms with E-state index < -0.39 is 0 Å². The quantitative estimate of drug-likeness (QED) is 0.848. The van der Waals surface area contributed by atoms with E-state index in [1.54, 1.807) is 34.6 Å². The fourth-order valence-electron chi connectivity index (χ4n) is 2.74. The first kappa shape index (κ1) is 14.5. The second-order valence-electron chi connectivity index (χ2n) is 5.20. The summed E-state index contributed by atoms with van der Waals surface area (Å²) in [7, 11) is 1.82. The molecule has 0 fully saturated rings. The number of carbonyl (C=O) groups excluding carboxylic acids is 1. The fraction of sp³-hybridized carbons (Fsp3) is 0.400. The molecule has 0 aliphatic heterocycles. The van der Waals surface area contributed by atoms with Gasteiger partial charge in [-0.05, 0) is 38.3 Å². The number of hydrogen-bond donors (Lipinski definition) is 0. The molecule has 0 aromatic carbocycles. The maximum atomic E-state index is 12.6. The van der Waals surface area contributed by atoms with Gasteiger partial charge >= 0.3 is 0 Å². The molecule has 0 saturated heterocycles. The average molecular weight is 322 g/mol. The van der Waals surface area contributed by atoms with E-state index in [1.165, 1.54) is 4.88 Å². The van der Waals surface area contributed by atoms with Gasteiger partial charge in [0.2, 0.25) is 0 Å². The second kappa shape index (κ2) is 5.73. The van der Waals surface area contributed by atoms with Crippen molar-refractivity contribution < 1.29 is 4.79 Å². The Hall–Kier alpha value is -1.46. The molecule has 0 bridgehead atoms. The van der Waals surface area contributed by atoms with Crippen LogP contribution in [0.3, 0.4) is 0 Å². The van der Waals surface area contributed by atoms with Gasteiger partial charge in [0.05, 0.1) is 26.6 Å². The van der Waals surface area contributed by atoms with Crippen molar-refractivity contribution in [1.29, 1.82) is 0 Å². The predicted octanol–water partition coefficient (Wildman–Crippen LogP) is 3.65. The Kier molecular flexibility index (Phi) is 3.95. The summed E-state index contributed by atoms with van der Waals surface area (Å²) in [5, 5.41) is 1.45. The molecular weight excluding hydrogens is 306 g/mol. The molecule has 6 heteroatoms. The van der Waals surface area contributed by atoms with Crippen LogP contribution in [0.5, 0.6) is 0 Å². The van der Waals surface area contributed by atoms with E-state index in [2.05, 4.69) is 9.97 Å². The first-order chi connectivity index (χ1) is 10.1. The highest BCUT2D eigenvalue weighted by atomic mass is 35.5. The summed E-state index contributed by atoms with van der Waals surface area (Å²) in [6.07, 6.45) is 4.61. The molecule has 1 amide bonds. The summed E-state index contributed by atoms with van der Waals surface area (Å²) in [4.78, 5) is 24.3. The number of amides is 1. The fourth-order valence-corrected chi connectivity index (χ4v) is 4.09. The van der Waals surface area contributed by atoms with Gasteiger partial charge in [-0.1, -0.05) is 11.6 Å². The van der Waals surface area contributed by atoms with Crippen molar-refractivity contribution in [3.63, 3.8) is 0 Å². The van der Waals surface area contributed by atoms with Gasteiger partial charge in [0, 0.05) is 13.2 Å². The van der Waals surface area contributed by atoms with Crippen LogP contribution in [-0.4, -0.2) is 27.8 Å². The molecule has 1 unspecified atom stereocenters. The summed E-state index contributed by atoms with van der Waals surface area (Å²) in [6.45, 7) is 2.01. The normalized spacial score (nSPS) is 17.4. The van der Waals surface area contributed by atoms with Crippen molar-refractivity contribution in [3.8, 4) is 0 Å². The minimum atomic E-state index is -0.135. The van der Waals surface area contributed by atoms with Crippen LogP contribution in [0.2, 0.25) is 5.02 Å². The highest BCUT2D eigenvalue weighted by Gasteiger charge is 2.31. The molecule has 3 rings (SSSR count). The molecule has 110 valence electrons. The Balaban J connectivity index is 1.91. The number of nitrogens with zero attached hydrogens (tertiary/aromatic N) is 3. The van der Waals surface area contributed by atoms with Gasteiger partial charge in [0.25, 0.3) is 5.91 Å². The third-order valence-corrected chi connectivity index (χ3v) is 5.20. The first-order valence-corrected chi connectivity index (χ1v) is 8.11. The van der Waals surface area contributed by atoms with Gasteiger partial charge in [-0.3, -0.25) is 4.79 Å². The molecule has 4 nitrogen and oxygen atoms in total. The van der Waals surface area contributed by atoms with E-state index in [0.29, 0.717) is 10.7 Å². The van der Waals surface area contributed by atoms with Crippen LogP contribution in [-0.2, 0) is 6.42 Å². The van der Waals surface area contributed by atoms with Crippen molar-refractivity contribution in [2.45, 2.75) is 32.2 Å². The van der Waals surface area contributed by atoms with E-state index >= 15 is 0 Å².